The molecule has 0 radical (unpaired) electrons. The largest absolute Gasteiger partial charge is 0.313 e. The first kappa shape index (κ1) is 15.4. The first-order valence-corrected chi connectivity index (χ1v) is 8.30. The lowest BCUT2D eigenvalue weighted by atomic mass is 10.1. The highest BCUT2D eigenvalue weighted by atomic mass is 35.5. The molecule has 0 aliphatic carbocycles. The van der Waals surface area contributed by atoms with Crippen molar-refractivity contribution in [3.05, 3.63) is 65.2 Å². The van der Waals surface area contributed by atoms with Gasteiger partial charge in [-0.3, -0.25) is 0 Å². The van der Waals surface area contributed by atoms with Crippen LogP contribution in [0.15, 0.2) is 59.5 Å². The van der Waals surface area contributed by atoms with E-state index in [1.54, 1.807) is 0 Å². The highest BCUT2D eigenvalue weighted by Gasteiger charge is 2.10. The average molecular weight is 306 g/mol. The fourth-order valence-corrected chi connectivity index (χ4v) is 3.43. The third kappa shape index (κ3) is 4.86. The van der Waals surface area contributed by atoms with Crippen LogP contribution in [0.3, 0.4) is 0 Å². The number of halogens is 1. The molecule has 2 rings (SSSR count). The predicted molar refractivity (Wildman–Crippen MR) is 89.8 cm³/mol. The third-order valence-corrected chi connectivity index (χ3v) is 4.77. The van der Waals surface area contributed by atoms with Crippen molar-refractivity contribution in [2.24, 2.45) is 0 Å². The molecule has 20 heavy (non-hydrogen) atoms. The van der Waals surface area contributed by atoms with Crippen molar-refractivity contribution in [1.29, 1.82) is 0 Å². The Morgan fingerprint density at radius 2 is 1.75 bits per heavy atom. The second-order valence-corrected chi connectivity index (χ2v) is 6.15. The van der Waals surface area contributed by atoms with E-state index in [2.05, 4.69) is 48.6 Å². The molecular formula is C17H20ClNS. The van der Waals surface area contributed by atoms with Gasteiger partial charge in [-0.05, 0) is 30.7 Å². The fraction of sp³-hybridized carbons (Fsp3) is 0.294. The standard InChI is InChI=1S/C17H20ClNS/c1-2-19-15(12-14-8-4-3-5-9-14)13-20-17-11-7-6-10-16(17)18/h3-11,15,19H,2,12-13H2,1H3. The summed E-state index contributed by atoms with van der Waals surface area (Å²) in [7, 11) is 0. The van der Waals surface area contributed by atoms with E-state index >= 15 is 0 Å². The van der Waals surface area contributed by atoms with Gasteiger partial charge in [0.05, 0.1) is 5.02 Å². The monoisotopic (exact) mass is 305 g/mol. The van der Waals surface area contributed by atoms with Crippen LogP contribution < -0.4 is 5.32 Å². The highest BCUT2D eigenvalue weighted by Crippen LogP contribution is 2.27. The molecule has 0 aliphatic heterocycles. The van der Waals surface area contributed by atoms with Crippen molar-refractivity contribution in [2.75, 3.05) is 12.3 Å². The molecule has 1 unspecified atom stereocenters. The summed E-state index contributed by atoms with van der Waals surface area (Å²) in [6.07, 6.45) is 1.05. The van der Waals surface area contributed by atoms with Gasteiger partial charge >= 0.3 is 0 Å². The zero-order valence-corrected chi connectivity index (χ0v) is 13.3. The molecule has 1 N–H and O–H groups in total. The number of thioether (sulfide) groups is 1. The van der Waals surface area contributed by atoms with Gasteiger partial charge < -0.3 is 5.32 Å². The predicted octanol–water partition coefficient (Wildman–Crippen LogP) is 4.65. The number of hydrogen-bond donors (Lipinski definition) is 1. The lowest BCUT2D eigenvalue weighted by Gasteiger charge is -2.18. The first-order chi connectivity index (χ1) is 9.79. The van der Waals surface area contributed by atoms with Gasteiger partial charge in [-0.15, -0.1) is 11.8 Å². The second kappa shape index (κ2) is 8.35. The molecule has 0 saturated carbocycles. The SMILES string of the molecule is CCNC(CSc1ccccc1Cl)Cc1ccccc1. The average Bonchev–Trinajstić information content (AvgIpc) is 2.47. The van der Waals surface area contributed by atoms with Gasteiger partial charge in [0.2, 0.25) is 0 Å². The summed E-state index contributed by atoms with van der Waals surface area (Å²) in [6.45, 7) is 3.14. The van der Waals surface area contributed by atoms with Crippen molar-refractivity contribution in [1.82, 2.24) is 5.32 Å². The van der Waals surface area contributed by atoms with Crippen LogP contribution in [0.1, 0.15) is 12.5 Å². The van der Waals surface area contributed by atoms with E-state index in [1.807, 2.05) is 30.0 Å². The van der Waals surface area contributed by atoms with Gasteiger partial charge in [0.15, 0.2) is 0 Å². The molecule has 0 fully saturated rings. The molecule has 0 heterocycles. The second-order valence-electron chi connectivity index (χ2n) is 4.69. The third-order valence-electron chi connectivity index (χ3n) is 3.09. The molecule has 1 atom stereocenters. The molecule has 0 aliphatic rings. The van der Waals surface area contributed by atoms with Crippen molar-refractivity contribution in [2.45, 2.75) is 24.3 Å². The van der Waals surface area contributed by atoms with Gasteiger partial charge in [-0.25, -0.2) is 0 Å². The molecule has 0 spiro atoms. The summed E-state index contributed by atoms with van der Waals surface area (Å²) >= 11 is 8.02. The van der Waals surface area contributed by atoms with Crippen LogP contribution in [0.5, 0.6) is 0 Å². The number of hydrogen-bond acceptors (Lipinski definition) is 2. The Morgan fingerprint density at radius 1 is 1.05 bits per heavy atom. The normalized spacial score (nSPS) is 12.3. The van der Waals surface area contributed by atoms with Gasteiger partial charge in [0.1, 0.15) is 0 Å². The Morgan fingerprint density at radius 3 is 2.45 bits per heavy atom. The summed E-state index contributed by atoms with van der Waals surface area (Å²) in [5.74, 6) is 1.02. The number of likely N-dealkylation sites (N-methyl/N-ethyl adjacent to an activating group) is 1. The van der Waals surface area contributed by atoms with Crippen LogP contribution in [-0.4, -0.2) is 18.3 Å². The van der Waals surface area contributed by atoms with Crippen molar-refractivity contribution < 1.29 is 0 Å². The summed E-state index contributed by atoms with van der Waals surface area (Å²) in [5, 5.41) is 4.40. The molecule has 106 valence electrons. The quantitative estimate of drug-likeness (QED) is 0.747. The van der Waals surface area contributed by atoms with Gasteiger partial charge in [-0.1, -0.05) is 61.0 Å². The minimum absolute atomic E-state index is 0.462. The van der Waals surface area contributed by atoms with E-state index < -0.39 is 0 Å². The Labute approximate surface area is 130 Å². The van der Waals surface area contributed by atoms with Crippen molar-refractivity contribution in [3.63, 3.8) is 0 Å². The Balaban J connectivity index is 1.94. The smallest absolute Gasteiger partial charge is 0.0541 e. The zero-order valence-electron chi connectivity index (χ0n) is 11.7. The van der Waals surface area contributed by atoms with Crippen LogP contribution in [0, 0.1) is 0 Å². The molecule has 3 heteroatoms. The number of nitrogens with one attached hydrogen (secondary N) is 1. The van der Waals surface area contributed by atoms with Crippen LogP contribution >= 0.6 is 23.4 Å². The van der Waals surface area contributed by atoms with Crippen LogP contribution in [0.4, 0.5) is 0 Å². The van der Waals surface area contributed by atoms with E-state index in [-0.39, 0.29) is 0 Å². The topological polar surface area (TPSA) is 12.0 Å². The first-order valence-electron chi connectivity index (χ1n) is 6.94. The van der Waals surface area contributed by atoms with Crippen LogP contribution in [0.2, 0.25) is 5.02 Å². The number of benzene rings is 2. The summed E-state index contributed by atoms with van der Waals surface area (Å²) in [6, 6.07) is 19.1. The molecule has 0 amide bonds. The van der Waals surface area contributed by atoms with Gasteiger partial charge in [0.25, 0.3) is 0 Å². The Hall–Kier alpha value is -0.960. The maximum atomic E-state index is 6.20. The summed E-state index contributed by atoms with van der Waals surface area (Å²) in [4.78, 5) is 1.16. The molecule has 2 aromatic rings. The summed E-state index contributed by atoms with van der Waals surface area (Å²) in [5.41, 5.74) is 1.37. The van der Waals surface area contributed by atoms with E-state index in [0.717, 1.165) is 28.6 Å². The molecule has 0 bridgehead atoms. The Kier molecular flexibility index (Phi) is 6.44. The molecule has 0 aromatic heterocycles. The lowest BCUT2D eigenvalue weighted by Crippen LogP contribution is -2.33. The number of rotatable bonds is 7. The molecule has 2 aromatic carbocycles. The fourth-order valence-electron chi connectivity index (χ4n) is 2.13. The highest BCUT2D eigenvalue weighted by molar-refractivity contribution is 7.99. The molecule has 1 nitrogen and oxygen atoms in total. The maximum Gasteiger partial charge on any atom is 0.0541 e. The van der Waals surface area contributed by atoms with Crippen LogP contribution in [0.25, 0.3) is 0 Å². The van der Waals surface area contributed by atoms with E-state index in [0.29, 0.717) is 6.04 Å². The van der Waals surface area contributed by atoms with Gasteiger partial charge in [0, 0.05) is 16.7 Å². The van der Waals surface area contributed by atoms with Crippen molar-refractivity contribution >= 4 is 23.4 Å². The van der Waals surface area contributed by atoms with E-state index in [4.69, 9.17) is 11.6 Å². The minimum Gasteiger partial charge on any atom is -0.313 e. The van der Waals surface area contributed by atoms with E-state index in [9.17, 15) is 0 Å². The summed E-state index contributed by atoms with van der Waals surface area (Å²) < 4.78 is 0. The Bertz CT molecular complexity index is 515. The maximum absolute atomic E-state index is 6.20. The lowest BCUT2D eigenvalue weighted by molar-refractivity contribution is 0.572. The van der Waals surface area contributed by atoms with Crippen LogP contribution in [-0.2, 0) is 6.42 Å². The minimum atomic E-state index is 0.462. The van der Waals surface area contributed by atoms with E-state index in [1.165, 1.54) is 5.56 Å². The van der Waals surface area contributed by atoms with Crippen molar-refractivity contribution in [3.8, 4) is 0 Å². The zero-order chi connectivity index (χ0) is 14.2. The van der Waals surface area contributed by atoms with Gasteiger partial charge in [-0.2, -0.15) is 0 Å². The molecule has 0 saturated heterocycles. The molecular weight excluding hydrogens is 286 g/mol.